The standard InChI is InChI=1S/C16H18N2O4S/c1-9-5-6-11(22-9)13-17-10(2)12(23-13)14(19)18-8-4-7-16(18,3)15(20)21/h5-6H,4,7-8H2,1-3H3,(H,20,21)/t16-/m0/s1. The number of hydrogen-bond acceptors (Lipinski definition) is 5. The molecule has 122 valence electrons. The molecule has 23 heavy (non-hydrogen) atoms. The van der Waals surface area contributed by atoms with Crippen molar-refractivity contribution < 1.29 is 19.1 Å². The number of carboxylic acids is 1. The van der Waals surface area contributed by atoms with Crippen molar-refractivity contribution in [3.05, 3.63) is 28.5 Å². The fourth-order valence-corrected chi connectivity index (χ4v) is 3.86. The molecular formula is C16H18N2O4S. The first-order valence-corrected chi connectivity index (χ1v) is 8.24. The molecule has 2 aromatic heterocycles. The second kappa shape index (κ2) is 5.49. The fourth-order valence-electron chi connectivity index (χ4n) is 2.88. The van der Waals surface area contributed by atoms with Gasteiger partial charge in [0.1, 0.15) is 16.2 Å². The second-order valence-electron chi connectivity index (χ2n) is 5.98. The van der Waals surface area contributed by atoms with Gasteiger partial charge in [-0.25, -0.2) is 9.78 Å². The van der Waals surface area contributed by atoms with Gasteiger partial charge in [-0.1, -0.05) is 0 Å². The number of amides is 1. The Balaban J connectivity index is 1.94. The third-order valence-electron chi connectivity index (χ3n) is 4.29. The maximum absolute atomic E-state index is 12.8. The number of aryl methyl sites for hydroxylation is 2. The number of nitrogens with zero attached hydrogens (tertiary/aromatic N) is 2. The van der Waals surface area contributed by atoms with E-state index in [1.807, 2.05) is 19.1 Å². The van der Waals surface area contributed by atoms with Crippen LogP contribution in [-0.2, 0) is 4.79 Å². The molecule has 0 saturated carbocycles. The Bertz CT molecular complexity index is 779. The van der Waals surface area contributed by atoms with Gasteiger partial charge < -0.3 is 14.4 Å². The highest BCUT2D eigenvalue weighted by molar-refractivity contribution is 7.17. The summed E-state index contributed by atoms with van der Waals surface area (Å²) in [5, 5.41) is 10.1. The minimum absolute atomic E-state index is 0.267. The van der Waals surface area contributed by atoms with E-state index in [1.165, 1.54) is 16.2 Å². The van der Waals surface area contributed by atoms with E-state index in [2.05, 4.69) is 4.98 Å². The highest BCUT2D eigenvalue weighted by Crippen LogP contribution is 2.35. The number of carbonyl (C=O) groups is 2. The van der Waals surface area contributed by atoms with Crippen LogP contribution in [0.4, 0.5) is 0 Å². The van der Waals surface area contributed by atoms with Crippen LogP contribution in [0.1, 0.15) is 40.9 Å². The van der Waals surface area contributed by atoms with Crippen LogP contribution in [0.5, 0.6) is 0 Å². The van der Waals surface area contributed by atoms with Crippen LogP contribution >= 0.6 is 11.3 Å². The molecule has 1 fully saturated rings. The van der Waals surface area contributed by atoms with Crippen LogP contribution in [0, 0.1) is 13.8 Å². The predicted octanol–water partition coefficient (Wildman–Crippen LogP) is 3.10. The summed E-state index contributed by atoms with van der Waals surface area (Å²) in [5.74, 6) is 0.167. The van der Waals surface area contributed by atoms with Crippen LogP contribution in [-0.4, -0.2) is 39.0 Å². The third-order valence-corrected chi connectivity index (χ3v) is 5.45. The van der Waals surface area contributed by atoms with E-state index in [4.69, 9.17) is 4.42 Å². The van der Waals surface area contributed by atoms with Gasteiger partial charge in [-0.15, -0.1) is 11.3 Å². The predicted molar refractivity (Wildman–Crippen MR) is 85.6 cm³/mol. The highest BCUT2D eigenvalue weighted by Gasteiger charge is 2.46. The lowest BCUT2D eigenvalue weighted by Gasteiger charge is -2.30. The van der Waals surface area contributed by atoms with Gasteiger partial charge >= 0.3 is 5.97 Å². The minimum Gasteiger partial charge on any atom is -0.480 e. The molecule has 3 heterocycles. The summed E-state index contributed by atoms with van der Waals surface area (Å²) in [6.45, 7) is 5.66. The number of aromatic nitrogens is 1. The van der Waals surface area contributed by atoms with Crippen molar-refractivity contribution in [1.82, 2.24) is 9.88 Å². The number of rotatable bonds is 3. The molecule has 1 aliphatic heterocycles. The van der Waals surface area contributed by atoms with Crippen molar-refractivity contribution in [1.29, 1.82) is 0 Å². The molecule has 0 unspecified atom stereocenters. The van der Waals surface area contributed by atoms with E-state index in [1.54, 1.807) is 13.8 Å². The van der Waals surface area contributed by atoms with E-state index in [0.29, 0.717) is 40.7 Å². The third kappa shape index (κ3) is 2.55. The maximum atomic E-state index is 12.8. The lowest BCUT2D eigenvalue weighted by atomic mass is 9.99. The molecule has 0 spiro atoms. The van der Waals surface area contributed by atoms with Gasteiger partial charge in [0.15, 0.2) is 10.8 Å². The Morgan fingerprint density at radius 2 is 2.13 bits per heavy atom. The van der Waals surface area contributed by atoms with E-state index >= 15 is 0 Å². The van der Waals surface area contributed by atoms with E-state index < -0.39 is 11.5 Å². The van der Waals surface area contributed by atoms with Crippen LogP contribution in [0.15, 0.2) is 16.5 Å². The SMILES string of the molecule is Cc1ccc(-c2nc(C)c(C(=O)N3CCC[C@@]3(C)C(=O)O)s2)o1. The summed E-state index contributed by atoms with van der Waals surface area (Å²) >= 11 is 1.24. The average molecular weight is 334 g/mol. The molecule has 3 rings (SSSR count). The summed E-state index contributed by atoms with van der Waals surface area (Å²) < 4.78 is 5.55. The van der Waals surface area contributed by atoms with Crippen molar-refractivity contribution in [3.8, 4) is 10.8 Å². The molecule has 0 bridgehead atoms. The number of carbonyl (C=O) groups excluding carboxylic acids is 1. The van der Waals surface area contributed by atoms with Gasteiger partial charge in [0.05, 0.1) is 5.69 Å². The molecule has 0 radical (unpaired) electrons. The lowest BCUT2D eigenvalue weighted by molar-refractivity contribution is -0.147. The van der Waals surface area contributed by atoms with Gasteiger partial charge in [-0.2, -0.15) is 0 Å². The zero-order valence-electron chi connectivity index (χ0n) is 13.3. The Kier molecular flexibility index (Phi) is 3.75. The topological polar surface area (TPSA) is 83.6 Å². The summed E-state index contributed by atoms with van der Waals surface area (Å²) in [7, 11) is 0. The number of furan rings is 1. The molecule has 7 heteroatoms. The molecule has 1 aliphatic rings. The Morgan fingerprint density at radius 3 is 2.74 bits per heavy atom. The van der Waals surface area contributed by atoms with Crippen LogP contribution in [0.25, 0.3) is 10.8 Å². The number of carboxylic acid groups (broad SMARTS) is 1. The Morgan fingerprint density at radius 1 is 1.39 bits per heavy atom. The van der Waals surface area contributed by atoms with Crippen molar-refractivity contribution in [2.45, 2.75) is 39.2 Å². The van der Waals surface area contributed by atoms with E-state index in [9.17, 15) is 14.7 Å². The molecule has 1 amide bonds. The summed E-state index contributed by atoms with van der Waals surface area (Å²) in [5.41, 5.74) is -0.543. The highest BCUT2D eigenvalue weighted by atomic mass is 32.1. The van der Waals surface area contributed by atoms with Gasteiger partial charge in [-0.05, 0) is 45.7 Å². The number of aliphatic carboxylic acids is 1. The number of hydrogen-bond donors (Lipinski definition) is 1. The van der Waals surface area contributed by atoms with Gasteiger partial charge in [-0.3, -0.25) is 4.79 Å². The van der Waals surface area contributed by atoms with Gasteiger partial charge in [0, 0.05) is 6.54 Å². The zero-order chi connectivity index (χ0) is 16.8. The lowest BCUT2D eigenvalue weighted by Crippen LogP contribution is -2.50. The van der Waals surface area contributed by atoms with Crippen molar-refractivity contribution in [2.75, 3.05) is 6.54 Å². The quantitative estimate of drug-likeness (QED) is 0.932. The van der Waals surface area contributed by atoms with E-state index in [-0.39, 0.29) is 5.91 Å². The van der Waals surface area contributed by atoms with Crippen molar-refractivity contribution >= 4 is 23.2 Å². The minimum atomic E-state index is -1.14. The van der Waals surface area contributed by atoms with Crippen molar-refractivity contribution in [3.63, 3.8) is 0 Å². The molecule has 0 aromatic carbocycles. The number of likely N-dealkylation sites (tertiary alicyclic amines) is 1. The van der Waals surface area contributed by atoms with Gasteiger partial charge in [0.2, 0.25) is 0 Å². The van der Waals surface area contributed by atoms with Crippen LogP contribution in [0.2, 0.25) is 0 Å². The monoisotopic (exact) mass is 334 g/mol. The first kappa shape index (κ1) is 15.7. The molecule has 1 atom stereocenters. The normalized spacial score (nSPS) is 20.9. The fraction of sp³-hybridized carbons (Fsp3) is 0.438. The molecule has 2 aromatic rings. The molecule has 0 aliphatic carbocycles. The van der Waals surface area contributed by atoms with E-state index in [0.717, 1.165) is 5.76 Å². The van der Waals surface area contributed by atoms with Crippen LogP contribution < -0.4 is 0 Å². The van der Waals surface area contributed by atoms with Crippen molar-refractivity contribution in [2.24, 2.45) is 0 Å². The number of thiazole rings is 1. The molecule has 1 N–H and O–H groups in total. The molecule has 6 nitrogen and oxygen atoms in total. The smallest absolute Gasteiger partial charge is 0.329 e. The summed E-state index contributed by atoms with van der Waals surface area (Å²) in [6, 6.07) is 3.66. The van der Waals surface area contributed by atoms with Crippen LogP contribution in [0.3, 0.4) is 0 Å². The molecule has 1 saturated heterocycles. The average Bonchev–Trinajstić information content (AvgIpc) is 3.17. The Hall–Kier alpha value is -2.15. The molecular weight excluding hydrogens is 316 g/mol. The second-order valence-corrected chi connectivity index (χ2v) is 6.98. The summed E-state index contributed by atoms with van der Waals surface area (Å²) in [6.07, 6.45) is 1.16. The summed E-state index contributed by atoms with van der Waals surface area (Å²) in [4.78, 5) is 30.7. The van der Waals surface area contributed by atoms with Gasteiger partial charge in [0.25, 0.3) is 5.91 Å². The first-order chi connectivity index (χ1) is 10.8. The Labute approximate surface area is 137 Å². The largest absolute Gasteiger partial charge is 0.480 e. The maximum Gasteiger partial charge on any atom is 0.329 e. The first-order valence-electron chi connectivity index (χ1n) is 7.42. The zero-order valence-corrected chi connectivity index (χ0v) is 14.1.